The maximum absolute atomic E-state index is 5.73. The fourth-order valence-corrected chi connectivity index (χ4v) is 1.19. The van der Waals surface area contributed by atoms with E-state index in [1.165, 1.54) is 0 Å². The van der Waals surface area contributed by atoms with Crippen LogP contribution in [0.1, 0.15) is 5.56 Å². The van der Waals surface area contributed by atoms with E-state index >= 15 is 0 Å². The number of benzene rings is 1. The fraction of sp³-hybridized carbons (Fsp3) is 0.125. The van der Waals surface area contributed by atoms with Crippen molar-refractivity contribution in [3.05, 3.63) is 35.2 Å². The van der Waals surface area contributed by atoms with Gasteiger partial charge in [-0.2, -0.15) is 0 Å². The van der Waals surface area contributed by atoms with Gasteiger partial charge in [0.1, 0.15) is 5.75 Å². The van der Waals surface area contributed by atoms with Crippen LogP contribution in [-0.2, 0) is 0 Å². The van der Waals surface area contributed by atoms with Gasteiger partial charge < -0.3 is 4.74 Å². The maximum Gasteiger partial charge on any atom is 0.124 e. The third kappa shape index (κ3) is 0.868. The number of hydrogen-bond donors (Lipinski definition) is 0. The van der Waals surface area contributed by atoms with E-state index in [9.17, 15) is 0 Å². The highest BCUT2D eigenvalue weighted by Crippen LogP contribution is 2.28. The minimum Gasteiger partial charge on any atom is -0.493 e. The molecule has 0 bridgehead atoms. The molecule has 10 heavy (non-hydrogen) atoms. The molecule has 1 nitrogen and oxygen atoms in total. The van der Waals surface area contributed by atoms with Crippen molar-refractivity contribution in [2.75, 3.05) is 6.61 Å². The molecule has 1 radical (unpaired) electrons. The Hall–Kier alpha value is -0.690. The lowest BCUT2D eigenvalue weighted by atomic mass is 10.2. The molecule has 1 aromatic rings. The van der Waals surface area contributed by atoms with E-state index in [0.717, 1.165) is 16.3 Å². The highest BCUT2D eigenvalue weighted by molar-refractivity contribution is 6.30. The van der Waals surface area contributed by atoms with Crippen LogP contribution in [0.3, 0.4) is 0 Å². The van der Waals surface area contributed by atoms with E-state index in [1.54, 1.807) is 0 Å². The number of rotatable bonds is 0. The molecule has 0 unspecified atom stereocenters. The zero-order valence-electron chi connectivity index (χ0n) is 5.30. The van der Waals surface area contributed by atoms with Crippen molar-refractivity contribution in [1.82, 2.24) is 0 Å². The standard InChI is InChI=1S/C8H6ClO/c9-7-2-1-6-3-4-10-8(6)5-7/h1-3,5H,4H2. The number of halogens is 1. The van der Waals surface area contributed by atoms with Crippen LogP contribution >= 0.6 is 11.6 Å². The smallest absolute Gasteiger partial charge is 0.124 e. The quantitative estimate of drug-likeness (QED) is 0.556. The molecule has 0 aliphatic carbocycles. The predicted molar refractivity (Wildman–Crippen MR) is 40.3 cm³/mol. The highest BCUT2D eigenvalue weighted by atomic mass is 35.5. The number of fused-ring (bicyclic) bond motifs is 1. The second-order valence-corrected chi connectivity index (χ2v) is 2.63. The molecule has 2 rings (SSSR count). The summed E-state index contributed by atoms with van der Waals surface area (Å²) in [5.74, 6) is 0.896. The average molecular weight is 154 g/mol. The van der Waals surface area contributed by atoms with Crippen molar-refractivity contribution < 1.29 is 4.74 Å². The largest absolute Gasteiger partial charge is 0.493 e. The zero-order chi connectivity index (χ0) is 6.97. The molecule has 1 aliphatic heterocycles. The fourth-order valence-electron chi connectivity index (χ4n) is 1.02. The molecule has 0 N–H and O–H groups in total. The van der Waals surface area contributed by atoms with E-state index < -0.39 is 0 Å². The van der Waals surface area contributed by atoms with Crippen molar-refractivity contribution in [3.8, 4) is 5.75 Å². The first-order valence-corrected chi connectivity index (χ1v) is 3.49. The summed E-state index contributed by atoms with van der Waals surface area (Å²) in [4.78, 5) is 0. The molecule has 0 saturated heterocycles. The second kappa shape index (κ2) is 2.17. The summed E-state index contributed by atoms with van der Waals surface area (Å²) in [6.45, 7) is 0.676. The molecule has 0 spiro atoms. The Morgan fingerprint density at radius 1 is 1.40 bits per heavy atom. The van der Waals surface area contributed by atoms with Crippen LogP contribution < -0.4 is 4.74 Å². The van der Waals surface area contributed by atoms with Crippen molar-refractivity contribution >= 4 is 11.6 Å². The van der Waals surface area contributed by atoms with Gasteiger partial charge in [-0.3, -0.25) is 0 Å². The van der Waals surface area contributed by atoms with Crippen molar-refractivity contribution in [3.63, 3.8) is 0 Å². The van der Waals surface area contributed by atoms with Gasteiger partial charge in [0.15, 0.2) is 0 Å². The molecule has 0 aromatic heterocycles. The Labute approximate surface area is 64.6 Å². The van der Waals surface area contributed by atoms with Crippen molar-refractivity contribution in [2.45, 2.75) is 0 Å². The van der Waals surface area contributed by atoms with Gasteiger partial charge in [0.2, 0.25) is 0 Å². The van der Waals surface area contributed by atoms with Gasteiger partial charge >= 0.3 is 0 Å². The summed E-state index contributed by atoms with van der Waals surface area (Å²) in [6, 6.07) is 5.66. The molecule has 1 heterocycles. The van der Waals surface area contributed by atoms with Gasteiger partial charge in [0, 0.05) is 17.0 Å². The highest BCUT2D eigenvalue weighted by Gasteiger charge is 2.11. The van der Waals surface area contributed by atoms with Gasteiger partial charge in [-0.15, -0.1) is 0 Å². The monoisotopic (exact) mass is 153 g/mol. The molecule has 1 aliphatic rings. The summed E-state index contributed by atoms with van der Waals surface area (Å²) in [5, 5.41) is 0.731. The summed E-state index contributed by atoms with van der Waals surface area (Å²) in [7, 11) is 0. The lowest BCUT2D eigenvalue weighted by molar-refractivity contribution is 0.377. The zero-order valence-corrected chi connectivity index (χ0v) is 6.06. The van der Waals surface area contributed by atoms with Gasteiger partial charge in [-0.05, 0) is 12.1 Å². The first-order chi connectivity index (χ1) is 4.86. The van der Waals surface area contributed by atoms with E-state index in [1.807, 2.05) is 24.6 Å². The molecule has 0 saturated carbocycles. The molecular formula is C8H6ClO. The minimum absolute atomic E-state index is 0.676. The molecule has 1 aromatic carbocycles. The summed E-state index contributed by atoms with van der Waals surface area (Å²) >= 11 is 5.73. The van der Waals surface area contributed by atoms with Crippen LogP contribution in [0.15, 0.2) is 18.2 Å². The lowest BCUT2D eigenvalue weighted by Crippen LogP contribution is -1.84. The van der Waals surface area contributed by atoms with E-state index in [2.05, 4.69) is 0 Å². The SMILES string of the molecule is Clc1ccc2c(c1)OC[CH]2. The summed E-state index contributed by atoms with van der Waals surface area (Å²) < 4.78 is 5.24. The van der Waals surface area contributed by atoms with Crippen LogP contribution in [0.2, 0.25) is 5.02 Å². The number of ether oxygens (including phenoxy) is 1. The first-order valence-electron chi connectivity index (χ1n) is 3.12. The predicted octanol–water partition coefficient (Wildman–Crippen LogP) is 2.28. The van der Waals surface area contributed by atoms with Gasteiger partial charge in [0.25, 0.3) is 0 Å². The normalized spacial score (nSPS) is 14.5. The van der Waals surface area contributed by atoms with E-state index in [0.29, 0.717) is 6.61 Å². The third-order valence-electron chi connectivity index (χ3n) is 1.52. The molecule has 2 heteroatoms. The first kappa shape index (κ1) is 6.05. The Kier molecular flexibility index (Phi) is 1.31. The van der Waals surface area contributed by atoms with Gasteiger partial charge in [-0.25, -0.2) is 0 Å². The Balaban J connectivity index is 2.52. The van der Waals surface area contributed by atoms with Gasteiger partial charge in [-0.1, -0.05) is 17.7 Å². The van der Waals surface area contributed by atoms with Crippen LogP contribution in [0.4, 0.5) is 0 Å². The number of hydrogen-bond acceptors (Lipinski definition) is 1. The summed E-state index contributed by atoms with van der Waals surface area (Å²) in [6.07, 6.45) is 2.03. The Morgan fingerprint density at radius 3 is 3.20 bits per heavy atom. The Bertz CT molecular complexity index is 257. The average Bonchev–Trinajstić information content (AvgIpc) is 2.33. The molecule has 0 atom stereocenters. The van der Waals surface area contributed by atoms with Crippen LogP contribution in [0.25, 0.3) is 0 Å². The Morgan fingerprint density at radius 2 is 2.30 bits per heavy atom. The summed E-state index contributed by atoms with van der Waals surface area (Å²) in [5.41, 5.74) is 1.14. The lowest BCUT2D eigenvalue weighted by Gasteiger charge is -1.96. The van der Waals surface area contributed by atoms with Crippen molar-refractivity contribution in [1.29, 1.82) is 0 Å². The van der Waals surface area contributed by atoms with Crippen LogP contribution in [0, 0.1) is 6.42 Å². The maximum atomic E-state index is 5.73. The molecule has 0 amide bonds. The third-order valence-corrected chi connectivity index (χ3v) is 1.75. The van der Waals surface area contributed by atoms with Gasteiger partial charge in [0.05, 0.1) is 6.61 Å². The van der Waals surface area contributed by atoms with E-state index in [-0.39, 0.29) is 0 Å². The van der Waals surface area contributed by atoms with Crippen LogP contribution in [-0.4, -0.2) is 6.61 Å². The van der Waals surface area contributed by atoms with Crippen LogP contribution in [0.5, 0.6) is 5.75 Å². The van der Waals surface area contributed by atoms with Crippen molar-refractivity contribution in [2.24, 2.45) is 0 Å². The topological polar surface area (TPSA) is 9.23 Å². The van der Waals surface area contributed by atoms with E-state index in [4.69, 9.17) is 16.3 Å². The molecule has 51 valence electrons. The molecular weight excluding hydrogens is 148 g/mol. The second-order valence-electron chi connectivity index (χ2n) is 2.20. The minimum atomic E-state index is 0.676. The molecule has 0 fully saturated rings.